The number of nitrogens with zero attached hydrogens (tertiary/aromatic N) is 10. The Balaban J connectivity index is 0.000000153. The molecule has 17 aromatic rings. The summed E-state index contributed by atoms with van der Waals surface area (Å²) in [4.78, 5) is 99.9. The molecule has 0 radical (unpaired) electrons. The number of esters is 3. The molecule has 2 saturated carbocycles. The number of methoxy groups -OCH3 is 1. The molecule has 150 heavy (non-hydrogen) atoms. The van der Waals surface area contributed by atoms with E-state index in [2.05, 4.69) is 35.9 Å². The van der Waals surface area contributed by atoms with Crippen LogP contribution in [0.1, 0.15) is 150 Å². The summed E-state index contributed by atoms with van der Waals surface area (Å²) >= 11 is 4.24. The Labute approximate surface area is 882 Å². The van der Waals surface area contributed by atoms with Gasteiger partial charge >= 0.3 is 40.5 Å². The molecule has 0 aliphatic heterocycles. The van der Waals surface area contributed by atoms with Crippen LogP contribution in [0.15, 0.2) is 339 Å². The van der Waals surface area contributed by atoms with Crippen LogP contribution < -0.4 is 29.5 Å². The van der Waals surface area contributed by atoms with Gasteiger partial charge in [-0.2, -0.15) is 28.7 Å². The zero-order valence-electron chi connectivity index (χ0n) is 83.7. The summed E-state index contributed by atoms with van der Waals surface area (Å²) in [5.41, 5.74) is 7.80. The van der Waals surface area contributed by atoms with E-state index in [-0.39, 0.29) is 48.4 Å². The van der Waals surface area contributed by atoms with Crippen molar-refractivity contribution < 1.29 is 70.2 Å². The lowest BCUT2D eigenvalue weighted by molar-refractivity contribution is -0.155. The molecule has 0 spiro atoms. The molecule has 6 atom stereocenters. The van der Waals surface area contributed by atoms with Crippen molar-refractivity contribution in [3.63, 3.8) is 0 Å². The zero-order valence-corrected chi connectivity index (χ0v) is 88.8. The molecule has 2 aliphatic rings. The van der Waals surface area contributed by atoms with E-state index in [9.17, 15) is 28.8 Å². The maximum absolute atomic E-state index is 15.8. The number of amides is 3. The predicted octanol–water partition coefficient (Wildman–Crippen LogP) is 26.2. The third kappa shape index (κ3) is 26.1. The number of benzene rings is 10. The van der Waals surface area contributed by atoms with Crippen LogP contribution in [0.2, 0.25) is 0 Å². The molecule has 34 heteroatoms. The molecule has 0 saturated heterocycles. The SMILES string of the molecule is CNC(=O)c1ccccc1Sc1ccc2c(/C=C/c3ccccn3)nn(P(=O)(C[C@@H](C)C(=O)OC)Oc3cccc4ncccc34)c2c1.CNC(=O)c1ccccc1Sc1ccc2c(/C=C/c3ccccn3)nn(P(=O)(C[C@@H](C)C(=O)OC3CCCCC3)Oc3cccc4ccccc34)c2c1.CNC(=O)c1ccccc1Sc1ccc2c(/C=C/c3ccccn3)nn(P(=O)(C[C@@H](C)C(=O)OC3CCCCC3)Oc3ccccc3)c2c1. The van der Waals surface area contributed by atoms with Gasteiger partial charge in [-0.05, 0) is 263 Å². The lowest BCUT2D eigenvalue weighted by Gasteiger charge is -2.26. The highest BCUT2D eigenvalue weighted by Gasteiger charge is 2.42. The summed E-state index contributed by atoms with van der Waals surface area (Å²) in [7, 11) is -5.89. The van der Waals surface area contributed by atoms with Crippen molar-refractivity contribution in [2.24, 2.45) is 17.8 Å². The highest BCUT2D eigenvalue weighted by Crippen LogP contribution is 2.57. The van der Waals surface area contributed by atoms with Crippen molar-refractivity contribution in [2.45, 2.75) is 127 Å². The van der Waals surface area contributed by atoms with Crippen LogP contribution in [0.4, 0.5) is 0 Å². The first-order chi connectivity index (χ1) is 72.9. The lowest BCUT2D eigenvalue weighted by Crippen LogP contribution is -2.27. The first-order valence-electron chi connectivity index (χ1n) is 49.5. The fraction of sp³-hybridized carbons (Fsp3) is 0.216. The number of fused-ring (bicyclic) bond motifs is 5. The summed E-state index contributed by atoms with van der Waals surface area (Å²) in [6.45, 7) is 5.13. The van der Waals surface area contributed by atoms with Crippen LogP contribution in [-0.4, -0.2) is 143 Å². The Hall–Kier alpha value is -15.1. The van der Waals surface area contributed by atoms with E-state index in [1.54, 1.807) is 133 Å². The van der Waals surface area contributed by atoms with E-state index < -0.39 is 58.2 Å². The largest absolute Gasteiger partial charge is 0.469 e. The Morgan fingerprint density at radius 3 is 1.10 bits per heavy atom. The van der Waals surface area contributed by atoms with E-state index in [4.69, 9.17) is 43.1 Å². The molecule has 2 aliphatic carbocycles. The molecular formula is C116H112N13O15P3S3. The maximum atomic E-state index is 15.8. The number of aromatic nitrogens is 10. The molecule has 764 valence electrons. The molecule has 2 fully saturated rings. The average Bonchev–Trinajstić information content (AvgIpc) is 1.60. The number of hydrogen-bond donors (Lipinski definition) is 3. The normalized spacial score (nSPS) is 14.7. The van der Waals surface area contributed by atoms with Crippen molar-refractivity contribution in [1.29, 1.82) is 0 Å². The highest BCUT2D eigenvalue weighted by molar-refractivity contribution is 8.00. The fourth-order valence-electron chi connectivity index (χ4n) is 17.7. The van der Waals surface area contributed by atoms with Gasteiger partial charge in [-0.1, -0.05) is 184 Å². The van der Waals surface area contributed by atoms with Crippen molar-refractivity contribution in [1.82, 2.24) is 64.5 Å². The van der Waals surface area contributed by atoms with Gasteiger partial charge in [-0.25, -0.2) is 0 Å². The van der Waals surface area contributed by atoms with E-state index in [1.807, 2.05) is 255 Å². The minimum Gasteiger partial charge on any atom is -0.469 e. The second kappa shape index (κ2) is 49.8. The Morgan fingerprint density at radius 1 is 0.353 bits per heavy atom. The van der Waals surface area contributed by atoms with Gasteiger partial charge in [0.1, 0.15) is 29.5 Å². The number of carbonyl (C=O) groups is 6. The van der Waals surface area contributed by atoms with E-state index in [0.717, 1.165) is 132 Å². The third-order valence-electron chi connectivity index (χ3n) is 25.3. The number of para-hydroxylation sites is 1. The van der Waals surface area contributed by atoms with Gasteiger partial charge in [0.05, 0.1) is 116 Å². The van der Waals surface area contributed by atoms with Gasteiger partial charge in [-0.15, -0.1) is 0 Å². The minimum absolute atomic E-state index is 0.121. The monoisotopic (exact) mass is 2120 g/mol. The molecule has 3 unspecified atom stereocenters. The number of rotatable bonds is 35. The van der Waals surface area contributed by atoms with Crippen LogP contribution in [0.25, 0.3) is 90.8 Å². The van der Waals surface area contributed by atoms with Crippen LogP contribution in [0, 0.1) is 17.8 Å². The summed E-state index contributed by atoms with van der Waals surface area (Å²) in [5.74, 6) is -2.96. The summed E-state index contributed by atoms with van der Waals surface area (Å²) in [6, 6.07) is 87.5. The van der Waals surface area contributed by atoms with E-state index >= 15 is 13.7 Å². The van der Waals surface area contributed by atoms with Gasteiger partial charge < -0.3 is 43.7 Å². The average molecular weight is 2120 g/mol. The molecule has 3 N–H and O–H groups in total. The first-order valence-corrected chi connectivity index (χ1v) is 57.2. The fourth-order valence-corrected chi connectivity index (χ4v) is 27.7. The smallest absolute Gasteiger partial charge is 0.364 e. The van der Waals surface area contributed by atoms with Gasteiger partial charge in [0, 0.05) is 102 Å². The van der Waals surface area contributed by atoms with Gasteiger partial charge in [0.2, 0.25) is 0 Å². The third-order valence-corrected chi connectivity index (χ3v) is 35.7. The summed E-state index contributed by atoms with van der Waals surface area (Å²) < 4.78 is 87.2. The van der Waals surface area contributed by atoms with Crippen molar-refractivity contribution in [3.05, 3.63) is 361 Å². The molecule has 10 aromatic carbocycles. The highest BCUT2D eigenvalue weighted by atomic mass is 32.2. The molecule has 28 nitrogen and oxygen atoms in total. The topological polar surface area (TPSA) is 350 Å². The number of carbonyl (C=O) groups excluding carboxylic acids is 6. The van der Waals surface area contributed by atoms with Gasteiger partial charge in [0.15, 0.2) is 0 Å². The molecule has 7 heterocycles. The number of pyridine rings is 4. The standard InChI is InChI=1S/C42H41N4O5PS.C38H39N4O5PS.C36H32N5O5PS/c1-29(42(48)50-32-16-4-3-5-17-32)28-52(49,51-39-20-12-14-30-13-6-7-18-34(30)39)46-38-27-33(53-40-21-9-8-19-36(40)41(47)43-2)23-24-35(38)37(45-46)25-22-31-15-10-11-26-44-31;1-27(38(44)46-29-14-5-3-6-15-29)26-48(45,47-30-16-7-4-8-17-30)42-35-25-31(49-36-19-10-9-18-33(36)37(43)39-2)21-22-32(35)34(41-42)23-20-28-13-11-12-24-40-28;1-24(36(43)45-3)23-47(44,46-33-14-8-13-30-28(33)12-9-21-39-30)41-32-22-26(48-34-15-5-4-11-29(34)35(42)37-2)17-18-27(32)31(40-41)19-16-25-10-6-7-20-38-25/h6-15,18-27,29,32H,3-5,16-17,28H2,1-2H3,(H,43,47);4,7-13,16-25,27,29H,3,5-6,14-15,26H2,1-2H3,(H,39,43);4-22,24H,23H2,1-3H3,(H,37,42)/b25-22+;23-20+;19-16+/t29-,52?;27-,48?;24-,47?/m111/s1. The Bertz CT molecular complexity index is 8000. The van der Waals surface area contributed by atoms with E-state index in [0.29, 0.717) is 83.9 Å². The summed E-state index contributed by atoms with van der Waals surface area (Å²) in [5, 5.41) is 27.4. The molecular weight excluding hydrogens is 2000 g/mol. The number of hydrogen-bond acceptors (Lipinski definition) is 25. The van der Waals surface area contributed by atoms with Crippen molar-refractivity contribution in [3.8, 4) is 17.2 Å². The molecule has 19 rings (SSSR count). The maximum Gasteiger partial charge on any atom is 0.364 e. The van der Waals surface area contributed by atoms with Crippen LogP contribution in [0.3, 0.4) is 0 Å². The second-order valence-corrected chi connectivity index (χ2v) is 46.1. The van der Waals surface area contributed by atoms with Gasteiger partial charge in [0.25, 0.3) is 17.7 Å². The van der Waals surface area contributed by atoms with Gasteiger partial charge in [-0.3, -0.25) is 62.4 Å². The molecule has 3 amide bonds. The van der Waals surface area contributed by atoms with Crippen LogP contribution >= 0.6 is 57.8 Å². The molecule has 0 bridgehead atoms. The summed E-state index contributed by atoms with van der Waals surface area (Å²) in [6.07, 6.45) is 26.9. The zero-order chi connectivity index (χ0) is 105. The van der Waals surface area contributed by atoms with Crippen molar-refractivity contribution in [2.75, 3.05) is 46.7 Å². The van der Waals surface area contributed by atoms with Crippen LogP contribution in [0.5, 0.6) is 17.2 Å². The first kappa shape index (κ1) is 106. The second-order valence-electron chi connectivity index (χ2n) is 36.1. The predicted molar refractivity (Wildman–Crippen MR) is 594 cm³/mol. The lowest BCUT2D eigenvalue weighted by atomic mass is 9.98. The van der Waals surface area contributed by atoms with Crippen LogP contribution in [-0.2, 0) is 42.3 Å². The van der Waals surface area contributed by atoms with E-state index in [1.165, 1.54) is 55.8 Å². The Kier molecular flexibility index (Phi) is 35.3. The number of nitrogens with one attached hydrogen (secondary N) is 3. The molecule has 7 aromatic heterocycles. The minimum atomic E-state index is -4.03. The Morgan fingerprint density at radius 2 is 0.700 bits per heavy atom. The number of ether oxygens (including phenoxy) is 3. The quantitative estimate of drug-likeness (QED) is 0.0189. The van der Waals surface area contributed by atoms with Crippen molar-refractivity contribution >= 4 is 184 Å².